The van der Waals surface area contributed by atoms with E-state index in [0.29, 0.717) is 5.54 Å². The third-order valence-corrected chi connectivity index (χ3v) is 4.27. The predicted molar refractivity (Wildman–Crippen MR) is 66.3 cm³/mol. The van der Waals surface area contributed by atoms with Crippen LogP contribution in [0, 0.1) is 0 Å². The van der Waals surface area contributed by atoms with Gasteiger partial charge in [-0.1, -0.05) is 30.3 Å². The molecule has 0 aliphatic carbocycles. The van der Waals surface area contributed by atoms with Crippen LogP contribution in [-0.2, 0) is 6.54 Å². The minimum Gasteiger partial charge on any atom is -0.317 e. The number of hydrogen-bond acceptors (Lipinski definition) is 2. The molecule has 2 heterocycles. The first kappa shape index (κ1) is 10.3. The maximum Gasteiger partial charge on any atom is 0.0249 e. The highest BCUT2D eigenvalue weighted by atomic mass is 15.3. The van der Waals surface area contributed by atoms with Crippen LogP contribution in [0.4, 0.5) is 0 Å². The molecule has 3 rings (SSSR count). The highest BCUT2D eigenvalue weighted by Gasteiger charge is 2.44. The monoisotopic (exact) mass is 216 g/mol. The van der Waals surface area contributed by atoms with Gasteiger partial charge in [0.25, 0.3) is 0 Å². The van der Waals surface area contributed by atoms with Crippen molar-refractivity contribution in [2.75, 3.05) is 19.6 Å². The van der Waals surface area contributed by atoms with Gasteiger partial charge in [-0.25, -0.2) is 0 Å². The summed E-state index contributed by atoms with van der Waals surface area (Å²) in [5.74, 6) is 0. The SMILES string of the molecule is c1ccc(CN2CCC23CCNCC3)cc1. The zero-order valence-corrected chi connectivity index (χ0v) is 9.78. The Morgan fingerprint density at radius 1 is 1.06 bits per heavy atom. The maximum atomic E-state index is 3.47. The van der Waals surface area contributed by atoms with E-state index in [-0.39, 0.29) is 0 Å². The summed E-state index contributed by atoms with van der Waals surface area (Å²) >= 11 is 0. The standard InChI is InChI=1S/C14H20N2/c1-2-4-13(5-3-1)12-16-11-8-14(16)6-9-15-10-7-14/h1-5,15H,6-12H2. The molecule has 0 bridgehead atoms. The Hall–Kier alpha value is -0.860. The second-order valence-electron chi connectivity index (χ2n) is 5.13. The summed E-state index contributed by atoms with van der Waals surface area (Å²) in [6, 6.07) is 10.9. The normalized spacial score (nSPS) is 24.2. The number of benzene rings is 1. The predicted octanol–water partition coefficient (Wildman–Crippen LogP) is 2.01. The molecule has 1 N–H and O–H groups in total. The second-order valence-corrected chi connectivity index (χ2v) is 5.13. The summed E-state index contributed by atoms with van der Waals surface area (Å²) in [7, 11) is 0. The van der Waals surface area contributed by atoms with Gasteiger partial charge in [-0.15, -0.1) is 0 Å². The summed E-state index contributed by atoms with van der Waals surface area (Å²) in [5, 5.41) is 3.47. The first-order valence-corrected chi connectivity index (χ1v) is 6.39. The first-order valence-electron chi connectivity index (χ1n) is 6.39. The van der Waals surface area contributed by atoms with Crippen LogP contribution in [0.15, 0.2) is 30.3 Å². The molecule has 1 aromatic rings. The Bertz CT molecular complexity index is 341. The van der Waals surface area contributed by atoms with Crippen LogP contribution in [0.2, 0.25) is 0 Å². The quantitative estimate of drug-likeness (QED) is 0.813. The van der Waals surface area contributed by atoms with Gasteiger partial charge in [0.2, 0.25) is 0 Å². The average molecular weight is 216 g/mol. The van der Waals surface area contributed by atoms with Gasteiger partial charge >= 0.3 is 0 Å². The number of piperidine rings is 1. The lowest BCUT2D eigenvalue weighted by Crippen LogP contribution is -2.63. The molecular weight excluding hydrogens is 196 g/mol. The lowest BCUT2D eigenvalue weighted by molar-refractivity contribution is -0.0438. The second kappa shape index (κ2) is 4.19. The summed E-state index contributed by atoms with van der Waals surface area (Å²) in [6.45, 7) is 4.83. The molecule has 2 saturated heterocycles. The zero-order chi connectivity index (χ0) is 10.8. The van der Waals surface area contributed by atoms with Gasteiger partial charge in [0.15, 0.2) is 0 Å². The van der Waals surface area contributed by atoms with Crippen molar-refractivity contribution < 1.29 is 0 Å². The number of likely N-dealkylation sites (tertiary alicyclic amines) is 1. The average Bonchev–Trinajstić information content (AvgIpc) is 2.37. The molecule has 0 amide bonds. The molecule has 0 saturated carbocycles. The maximum absolute atomic E-state index is 3.47. The molecule has 2 fully saturated rings. The lowest BCUT2D eigenvalue weighted by Gasteiger charge is -2.55. The zero-order valence-electron chi connectivity index (χ0n) is 9.78. The molecule has 2 aliphatic rings. The summed E-state index contributed by atoms with van der Waals surface area (Å²) in [5.41, 5.74) is 2.00. The molecule has 2 heteroatoms. The molecule has 0 aromatic heterocycles. The Balaban J connectivity index is 1.67. The van der Waals surface area contributed by atoms with E-state index in [1.54, 1.807) is 0 Å². The third-order valence-electron chi connectivity index (χ3n) is 4.27. The van der Waals surface area contributed by atoms with E-state index in [1.165, 1.54) is 44.5 Å². The topological polar surface area (TPSA) is 15.3 Å². The number of nitrogens with one attached hydrogen (secondary N) is 1. The van der Waals surface area contributed by atoms with Gasteiger partial charge < -0.3 is 5.32 Å². The largest absolute Gasteiger partial charge is 0.317 e. The van der Waals surface area contributed by atoms with Gasteiger partial charge in [-0.3, -0.25) is 4.90 Å². The fourth-order valence-electron chi connectivity index (χ4n) is 3.10. The fraction of sp³-hybridized carbons (Fsp3) is 0.571. The number of hydrogen-bond donors (Lipinski definition) is 1. The van der Waals surface area contributed by atoms with Crippen LogP contribution in [0.5, 0.6) is 0 Å². The Morgan fingerprint density at radius 3 is 2.44 bits per heavy atom. The highest BCUT2D eigenvalue weighted by Crippen LogP contribution is 2.39. The van der Waals surface area contributed by atoms with Gasteiger partial charge in [-0.2, -0.15) is 0 Å². The summed E-state index contributed by atoms with van der Waals surface area (Å²) in [6.07, 6.45) is 4.07. The molecule has 0 radical (unpaired) electrons. The van der Waals surface area contributed by atoms with E-state index in [4.69, 9.17) is 0 Å². The lowest BCUT2D eigenvalue weighted by atomic mass is 9.76. The van der Waals surface area contributed by atoms with Crippen molar-refractivity contribution in [1.29, 1.82) is 0 Å². The van der Waals surface area contributed by atoms with E-state index in [0.717, 1.165) is 6.54 Å². The Kier molecular flexibility index (Phi) is 2.70. The van der Waals surface area contributed by atoms with Crippen molar-refractivity contribution in [3.05, 3.63) is 35.9 Å². The van der Waals surface area contributed by atoms with Crippen LogP contribution in [0.3, 0.4) is 0 Å². The van der Waals surface area contributed by atoms with Gasteiger partial charge in [-0.05, 0) is 37.9 Å². The molecule has 86 valence electrons. The Morgan fingerprint density at radius 2 is 1.81 bits per heavy atom. The Labute approximate surface area is 97.6 Å². The van der Waals surface area contributed by atoms with E-state index < -0.39 is 0 Å². The smallest absolute Gasteiger partial charge is 0.0249 e. The van der Waals surface area contributed by atoms with Crippen molar-refractivity contribution in [3.8, 4) is 0 Å². The van der Waals surface area contributed by atoms with Crippen LogP contribution in [0.1, 0.15) is 24.8 Å². The van der Waals surface area contributed by atoms with Crippen molar-refractivity contribution >= 4 is 0 Å². The molecular formula is C14H20N2. The van der Waals surface area contributed by atoms with Crippen LogP contribution >= 0.6 is 0 Å². The summed E-state index contributed by atoms with van der Waals surface area (Å²) < 4.78 is 0. The van der Waals surface area contributed by atoms with E-state index in [2.05, 4.69) is 40.5 Å². The van der Waals surface area contributed by atoms with E-state index >= 15 is 0 Å². The number of rotatable bonds is 2. The van der Waals surface area contributed by atoms with Crippen LogP contribution in [0.25, 0.3) is 0 Å². The molecule has 1 spiro atoms. The fourth-order valence-corrected chi connectivity index (χ4v) is 3.10. The summed E-state index contributed by atoms with van der Waals surface area (Å²) in [4.78, 5) is 2.68. The molecule has 2 aliphatic heterocycles. The molecule has 0 unspecified atom stereocenters. The van der Waals surface area contributed by atoms with Gasteiger partial charge in [0, 0.05) is 18.6 Å². The van der Waals surface area contributed by atoms with E-state index in [9.17, 15) is 0 Å². The molecule has 0 atom stereocenters. The van der Waals surface area contributed by atoms with Gasteiger partial charge in [0.05, 0.1) is 0 Å². The highest BCUT2D eigenvalue weighted by molar-refractivity contribution is 5.16. The van der Waals surface area contributed by atoms with Gasteiger partial charge in [0.1, 0.15) is 0 Å². The van der Waals surface area contributed by atoms with E-state index in [1.807, 2.05) is 0 Å². The molecule has 1 aromatic carbocycles. The van der Waals surface area contributed by atoms with Crippen molar-refractivity contribution in [2.45, 2.75) is 31.3 Å². The van der Waals surface area contributed by atoms with Crippen LogP contribution < -0.4 is 5.32 Å². The minimum atomic E-state index is 0.543. The van der Waals surface area contributed by atoms with Crippen LogP contribution in [-0.4, -0.2) is 30.1 Å². The van der Waals surface area contributed by atoms with Crippen molar-refractivity contribution in [3.63, 3.8) is 0 Å². The first-order chi connectivity index (χ1) is 7.89. The molecule has 16 heavy (non-hydrogen) atoms. The molecule has 2 nitrogen and oxygen atoms in total. The third kappa shape index (κ3) is 1.76. The number of nitrogens with zero attached hydrogens (tertiary/aromatic N) is 1. The van der Waals surface area contributed by atoms with Crippen molar-refractivity contribution in [2.24, 2.45) is 0 Å². The minimum absolute atomic E-state index is 0.543. The van der Waals surface area contributed by atoms with Crippen molar-refractivity contribution in [1.82, 2.24) is 10.2 Å².